The number of amides is 1. The van der Waals surface area contributed by atoms with E-state index in [0.29, 0.717) is 12.2 Å². The summed E-state index contributed by atoms with van der Waals surface area (Å²) in [6.07, 6.45) is 0.718. The quantitative estimate of drug-likeness (QED) is 0.803. The van der Waals surface area contributed by atoms with Crippen molar-refractivity contribution in [3.05, 3.63) is 65.9 Å². The van der Waals surface area contributed by atoms with E-state index in [1.54, 1.807) is 6.07 Å². The van der Waals surface area contributed by atoms with Gasteiger partial charge in [-0.3, -0.25) is 4.79 Å². The molecule has 120 valence electrons. The van der Waals surface area contributed by atoms with Crippen molar-refractivity contribution in [2.24, 2.45) is 0 Å². The lowest BCUT2D eigenvalue weighted by Gasteiger charge is -2.06. The predicted octanol–water partition coefficient (Wildman–Crippen LogP) is 2.94. The van der Waals surface area contributed by atoms with Crippen LogP contribution in [-0.2, 0) is 6.42 Å². The molecule has 0 spiro atoms. The molecule has 2 heterocycles. The molecule has 0 aliphatic carbocycles. The number of hydrogen-bond acceptors (Lipinski definition) is 4. The zero-order chi connectivity index (χ0) is 16.4. The van der Waals surface area contributed by atoms with Gasteiger partial charge in [0.1, 0.15) is 5.69 Å². The van der Waals surface area contributed by atoms with Crippen LogP contribution in [0.5, 0.6) is 11.5 Å². The molecule has 0 saturated heterocycles. The molecule has 1 aromatic heterocycles. The molecule has 1 aliphatic rings. The number of nitrogens with zero attached hydrogens (tertiary/aromatic N) is 1. The second kappa shape index (κ2) is 6.20. The third kappa shape index (κ3) is 2.88. The molecule has 0 bridgehead atoms. The number of pyridine rings is 1. The smallest absolute Gasteiger partial charge is 0.269 e. The SMILES string of the molecule is O=C(NCCc1ccc2c(c1)OCO2)c1ccc2ccccc2n1. The van der Waals surface area contributed by atoms with E-state index >= 15 is 0 Å². The van der Waals surface area contributed by atoms with E-state index < -0.39 is 0 Å². The van der Waals surface area contributed by atoms with Gasteiger partial charge in [-0.15, -0.1) is 0 Å². The van der Waals surface area contributed by atoms with Gasteiger partial charge in [-0.05, 0) is 36.2 Å². The van der Waals surface area contributed by atoms with Crippen LogP contribution in [0, 0.1) is 0 Å². The Morgan fingerprint density at radius 1 is 1.04 bits per heavy atom. The summed E-state index contributed by atoms with van der Waals surface area (Å²) >= 11 is 0. The number of aromatic nitrogens is 1. The molecule has 5 nitrogen and oxygen atoms in total. The number of para-hydroxylation sites is 1. The highest BCUT2D eigenvalue weighted by Crippen LogP contribution is 2.32. The van der Waals surface area contributed by atoms with Crippen molar-refractivity contribution in [1.82, 2.24) is 10.3 Å². The van der Waals surface area contributed by atoms with Crippen molar-refractivity contribution < 1.29 is 14.3 Å². The first-order chi connectivity index (χ1) is 11.8. The fourth-order valence-electron chi connectivity index (χ4n) is 2.70. The first-order valence-electron chi connectivity index (χ1n) is 7.82. The number of carbonyl (C=O) groups excluding carboxylic acids is 1. The lowest BCUT2D eigenvalue weighted by atomic mass is 10.1. The highest BCUT2D eigenvalue weighted by Gasteiger charge is 2.13. The maximum Gasteiger partial charge on any atom is 0.269 e. The van der Waals surface area contributed by atoms with Crippen LogP contribution in [0.2, 0.25) is 0 Å². The summed E-state index contributed by atoms with van der Waals surface area (Å²) in [5.74, 6) is 1.36. The predicted molar refractivity (Wildman–Crippen MR) is 90.3 cm³/mol. The summed E-state index contributed by atoms with van der Waals surface area (Å²) in [4.78, 5) is 16.6. The molecule has 0 radical (unpaired) electrons. The van der Waals surface area contributed by atoms with Gasteiger partial charge in [-0.25, -0.2) is 4.98 Å². The highest BCUT2D eigenvalue weighted by atomic mass is 16.7. The molecule has 2 aromatic carbocycles. The Hall–Kier alpha value is -3.08. The van der Waals surface area contributed by atoms with Crippen molar-refractivity contribution >= 4 is 16.8 Å². The van der Waals surface area contributed by atoms with Gasteiger partial charge >= 0.3 is 0 Å². The Balaban J connectivity index is 1.39. The van der Waals surface area contributed by atoms with E-state index in [4.69, 9.17) is 9.47 Å². The monoisotopic (exact) mass is 320 g/mol. The molecule has 3 aromatic rings. The van der Waals surface area contributed by atoms with E-state index in [1.807, 2.05) is 48.5 Å². The first kappa shape index (κ1) is 14.5. The number of fused-ring (bicyclic) bond motifs is 2. The van der Waals surface area contributed by atoms with Gasteiger partial charge in [0, 0.05) is 11.9 Å². The van der Waals surface area contributed by atoms with Crippen molar-refractivity contribution in [3.8, 4) is 11.5 Å². The van der Waals surface area contributed by atoms with Crippen LogP contribution < -0.4 is 14.8 Å². The van der Waals surface area contributed by atoms with E-state index in [1.165, 1.54) is 0 Å². The number of rotatable bonds is 4. The first-order valence-corrected chi connectivity index (χ1v) is 7.82. The zero-order valence-electron chi connectivity index (χ0n) is 13.0. The molecule has 24 heavy (non-hydrogen) atoms. The summed E-state index contributed by atoms with van der Waals surface area (Å²) in [6, 6.07) is 17.2. The molecule has 5 heteroatoms. The third-order valence-corrected chi connectivity index (χ3v) is 3.97. The lowest BCUT2D eigenvalue weighted by molar-refractivity contribution is 0.0949. The van der Waals surface area contributed by atoms with Gasteiger partial charge in [0.05, 0.1) is 5.52 Å². The Bertz CT molecular complexity index is 908. The summed E-state index contributed by atoms with van der Waals surface area (Å²) in [5.41, 5.74) is 2.34. The Kier molecular flexibility index (Phi) is 3.75. The van der Waals surface area contributed by atoms with E-state index in [0.717, 1.165) is 34.4 Å². The topological polar surface area (TPSA) is 60.5 Å². The summed E-state index contributed by atoms with van der Waals surface area (Å²) in [7, 11) is 0. The molecule has 1 aliphatic heterocycles. The number of benzene rings is 2. The van der Waals surface area contributed by atoms with Crippen LogP contribution >= 0.6 is 0 Å². The number of nitrogens with one attached hydrogen (secondary N) is 1. The molecule has 4 rings (SSSR count). The molecule has 0 unspecified atom stereocenters. The molecule has 1 amide bonds. The van der Waals surface area contributed by atoms with Crippen LogP contribution in [0.25, 0.3) is 10.9 Å². The Morgan fingerprint density at radius 3 is 2.88 bits per heavy atom. The van der Waals surface area contributed by atoms with E-state index in [9.17, 15) is 4.79 Å². The van der Waals surface area contributed by atoms with Gasteiger partial charge in [0.2, 0.25) is 6.79 Å². The second-order valence-corrected chi connectivity index (χ2v) is 5.58. The van der Waals surface area contributed by atoms with Crippen molar-refractivity contribution in [3.63, 3.8) is 0 Å². The highest BCUT2D eigenvalue weighted by molar-refractivity contribution is 5.94. The van der Waals surface area contributed by atoms with Gasteiger partial charge in [-0.2, -0.15) is 0 Å². The van der Waals surface area contributed by atoms with Crippen molar-refractivity contribution in [2.75, 3.05) is 13.3 Å². The van der Waals surface area contributed by atoms with Crippen LogP contribution in [-0.4, -0.2) is 24.2 Å². The minimum Gasteiger partial charge on any atom is -0.454 e. The summed E-state index contributed by atoms with van der Waals surface area (Å²) in [6.45, 7) is 0.802. The fourth-order valence-corrected chi connectivity index (χ4v) is 2.70. The molecular weight excluding hydrogens is 304 g/mol. The maximum atomic E-state index is 12.2. The number of hydrogen-bond donors (Lipinski definition) is 1. The average molecular weight is 320 g/mol. The number of carbonyl (C=O) groups is 1. The van der Waals surface area contributed by atoms with Crippen molar-refractivity contribution in [1.29, 1.82) is 0 Å². The Labute approximate surface area is 139 Å². The zero-order valence-corrected chi connectivity index (χ0v) is 13.0. The molecular formula is C19H16N2O3. The maximum absolute atomic E-state index is 12.2. The van der Waals surface area contributed by atoms with Crippen LogP contribution in [0.4, 0.5) is 0 Å². The van der Waals surface area contributed by atoms with Gasteiger partial charge in [0.15, 0.2) is 11.5 Å². The van der Waals surface area contributed by atoms with Crippen LogP contribution in [0.3, 0.4) is 0 Å². The molecule has 0 fully saturated rings. The van der Waals surface area contributed by atoms with Crippen molar-refractivity contribution in [2.45, 2.75) is 6.42 Å². The molecule has 1 N–H and O–H groups in total. The molecule has 0 saturated carbocycles. The minimum atomic E-state index is -0.165. The van der Waals surface area contributed by atoms with E-state index in [2.05, 4.69) is 10.3 Å². The summed E-state index contributed by atoms with van der Waals surface area (Å²) in [5, 5.41) is 3.93. The number of ether oxygens (including phenoxy) is 2. The van der Waals surface area contributed by atoms with Gasteiger partial charge in [0.25, 0.3) is 5.91 Å². The average Bonchev–Trinajstić information content (AvgIpc) is 3.09. The van der Waals surface area contributed by atoms with E-state index in [-0.39, 0.29) is 12.7 Å². The largest absolute Gasteiger partial charge is 0.454 e. The lowest BCUT2D eigenvalue weighted by Crippen LogP contribution is -2.26. The second-order valence-electron chi connectivity index (χ2n) is 5.58. The standard InChI is InChI=1S/C19H16N2O3/c22-19(16-7-6-14-3-1-2-4-15(14)21-16)20-10-9-13-5-8-17-18(11-13)24-12-23-17/h1-8,11H,9-10,12H2,(H,20,22). The normalized spacial score (nSPS) is 12.3. The van der Waals surface area contributed by atoms with Crippen LogP contribution in [0.1, 0.15) is 16.1 Å². The van der Waals surface area contributed by atoms with Crippen LogP contribution in [0.15, 0.2) is 54.6 Å². The fraction of sp³-hybridized carbons (Fsp3) is 0.158. The third-order valence-electron chi connectivity index (χ3n) is 3.97. The van der Waals surface area contributed by atoms with Gasteiger partial charge in [-0.1, -0.05) is 30.3 Å². The minimum absolute atomic E-state index is 0.165. The Morgan fingerprint density at radius 2 is 1.92 bits per heavy atom. The summed E-state index contributed by atoms with van der Waals surface area (Å²) < 4.78 is 10.6. The van der Waals surface area contributed by atoms with Gasteiger partial charge < -0.3 is 14.8 Å². The molecule has 0 atom stereocenters.